The number of nitrogens with one attached hydrogen (secondary N) is 1. The molecule has 1 atom stereocenters. The van der Waals surface area contributed by atoms with Gasteiger partial charge in [0.2, 0.25) is 0 Å². The van der Waals surface area contributed by atoms with Gasteiger partial charge in [0.05, 0.1) is 6.07 Å². The third-order valence-electron chi connectivity index (χ3n) is 1.87. The molecule has 15 heavy (non-hydrogen) atoms. The van der Waals surface area contributed by atoms with Crippen molar-refractivity contribution in [2.75, 3.05) is 6.54 Å². The summed E-state index contributed by atoms with van der Waals surface area (Å²) in [6.45, 7) is 4.08. The van der Waals surface area contributed by atoms with Gasteiger partial charge >= 0.3 is 0 Å². The first-order valence-electron chi connectivity index (χ1n) is 4.38. The topological polar surface area (TPSA) is 35.8 Å². The highest BCUT2D eigenvalue weighted by Crippen LogP contribution is 2.23. The van der Waals surface area contributed by atoms with Gasteiger partial charge in [0.1, 0.15) is 11.9 Å². The van der Waals surface area contributed by atoms with E-state index < -0.39 is 6.04 Å². The van der Waals surface area contributed by atoms with E-state index in [1.807, 2.05) is 0 Å². The van der Waals surface area contributed by atoms with E-state index in [-0.39, 0.29) is 5.82 Å². The van der Waals surface area contributed by atoms with Crippen molar-refractivity contribution >= 4 is 15.9 Å². The molecule has 0 aliphatic carbocycles. The van der Waals surface area contributed by atoms with Gasteiger partial charge in [-0.25, -0.2) is 4.39 Å². The van der Waals surface area contributed by atoms with Crippen LogP contribution in [0.1, 0.15) is 11.6 Å². The smallest absolute Gasteiger partial charge is 0.124 e. The summed E-state index contributed by atoms with van der Waals surface area (Å²) in [4.78, 5) is 0. The maximum Gasteiger partial charge on any atom is 0.124 e. The number of hydrogen-bond donors (Lipinski definition) is 1. The molecule has 1 aromatic rings. The molecule has 0 aliphatic rings. The normalized spacial score (nSPS) is 11.8. The van der Waals surface area contributed by atoms with E-state index in [1.54, 1.807) is 12.1 Å². The van der Waals surface area contributed by atoms with Crippen molar-refractivity contribution < 1.29 is 4.39 Å². The van der Waals surface area contributed by atoms with Crippen molar-refractivity contribution in [3.8, 4) is 6.07 Å². The Morgan fingerprint density at radius 3 is 2.93 bits per heavy atom. The van der Waals surface area contributed by atoms with Crippen LogP contribution in [0.2, 0.25) is 0 Å². The molecule has 0 amide bonds. The van der Waals surface area contributed by atoms with Gasteiger partial charge in [-0.1, -0.05) is 28.1 Å². The van der Waals surface area contributed by atoms with Gasteiger partial charge in [0.25, 0.3) is 0 Å². The number of halogens is 2. The van der Waals surface area contributed by atoms with Crippen LogP contribution < -0.4 is 5.32 Å². The van der Waals surface area contributed by atoms with E-state index >= 15 is 0 Å². The van der Waals surface area contributed by atoms with E-state index in [1.165, 1.54) is 12.1 Å². The molecule has 1 aromatic carbocycles. The first-order chi connectivity index (χ1) is 7.19. The van der Waals surface area contributed by atoms with Crippen LogP contribution in [-0.2, 0) is 0 Å². The van der Waals surface area contributed by atoms with Gasteiger partial charge in [-0.3, -0.25) is 5.32 Å². The van der Waals surface area contributed by atoms with Crippen molar-refractivity contribution in [1.82, 2.24) is 5.32 Å². The number of benzene rings is 1. The lowest BCUT2D eigenvalue weighted by atomic mass is 10.1. The van der Waals surface area contributed by atoms with Crippen LogP contribution in [-0.4, -0.2) is 6.54 Å². The summed E-state index contributed by atoms with van der Waals surface area (Å²) in [5.41, 5.74) is 0.723. The SMILES string of the molecule is C=CCNC(C#N)c1ccc(F)cc1Br. The average Bonchev–Trinajstić information content (AvgIpc) is 2.21. The van der Waals surface area contributed by atoms with Crippen LogP contribution in [0.4, 0.5) is 4.39 Å². The standard InChI is InChI=1S/C11H10BrFN2/c1-2-5-15-11(7-14)9-4-3-8(13)6-10(9)12/h2-4,6,11,15H,1,5H2. The molecular weight excluding hydrogens is 259 g/mol. The van der Waals surface area contributed by atoms with Gasteiger partial charge in [-0.2, -0.15) is 5.26 Å². The Labute approximate surface area is 96.5 Å². The summed E-state index contributed by atoms with van der Waals surface area (Å²) in [5, 5.41) is 11.9. The molecule has 0 saturated heterocycles. The second-order valence-corrected chi connectivity index (χ2v) is 3.78. The van der Waals surface area contributed by atoms with Crippen LogP contribution in [0.3, 0.4) is 0 Å². The molecule has 0 aromatic heterocycles. The zero-order chi connectivity index (χ0) is 11.3. The van der Waals surface area contributed by atoms with Crippen molar-refractivity contribution in [2.24, 2.45) is 0 Å². The lowest BCUT2D eigenvalue weighted by Gasteiger charge is -2.11. The quantitative estimate of drug-likeness (QED) is 0.853. The summed E-state index contributed by atoms with van der Waals surface area (Å²) >= 11 is 3.22. The fourth-order valence-corrected chi connectivity index (χ4v) is 1.74. The van der Waals surface area contributed by atoms with Crippen molar-refractivity contribution in [2.45, 2.75) is 6.04 Å². The average molecular weight is 269 g/mol. The Morgan fingerprint density at radius 2 is 2.40 bits per heavy atom. The third-order valence-corrected chi connectivity index (χ3v) is 2.56. The molecule has 4 heteroatoms. The summed E-state index contributed by atoms with van der Waals surface area (Å²) in [5.74, 6) is -0.328. The lowest BCUT2D eigenvalue weighted by molar-refractivity contribution is 0.621. The van der Waals surface area contributed by atoms with Crippen molar-refractivity contribution in [1.29, 1.82) is 5.26 Å². The van der Waals surface area contributed by atoms with Crippen LogP contribution >= 0.6 is 15.9 Å². The Kier molecular flexibility index (Phi) is 4.47. The summed E-state index contributed by atoms with van der Waals surface area (Å²) in [6.07, 6.45) is 1.67. The van der Waals surface area contributed by atoms with E-state index in [0.29, 0.717) is 11.0 Å². The fraction of sp³-hybridized carbons (Fsp3) is 0.182. The predicted octanol–water partition coefficient (Wildman–Crippen LogP) is 2.93. The van der Waals surface area contributed by atoms with Gasteiger partial charge in [0.15, 0.2) is 0 Å². The molecule has 2 nitrogen and oxygen atoms in total. The van der Waals surface area contributed by atoms with Gasteiger partial charge in [-0.05, 0) is 17.7 Å². The van der Waals surface area contributed by atoms with Gasteiger partial charge in [-0.15, -0.1) is 6.58 Å². The van der Waals surface area contributed by atoms with Crippen LogP contribution in [0.5, 0.6) is 0 Å². The molecule has 0 bridgehead atoms. The zero-order valence-electron chi connectivity index (χ0n) is 8.00. The molecule has 0 saturated carbocycles. The molecule has 0 radical (unpaired) electrons. The second kappa shape index (κ2) is 5.64. The molecule has 0 spiro atoms. The number of nitriles is 1. The summed E-state index contributed by atoms with van der Waals surface area (Å²) < 4.78 is 13.4. The molecule has 1 rings (SSSR count). The molecule has 78 valence electrons. The second-order valence-electron chi connectivity index (χ2n) is 2.92. The Balaban J connectivity index is 2.92. The monoisotopic (exact) mass is 268 g/mol. The van der Waals surface area contributed by atoms with Crippen molar-refractivity contribution in [3.63, 3.8) is 0 Å². The first kappa shape index (κ1) is 11.9. The number of hydrogen-bond acceptors (Lipinski definition) is 2. The van der Waals surface area contributed by atoms with Gasteiger partial charge < -0.3 is 0 Å². The first-order valence-corrected chi connectivity index (χ1v) is 5.17. The minimum absolute atomic E-state index is 0.328. The molecule has 0 aliphatic heterocycles. The Hall–Kier alpha value is -1.18. The molecule has 1 unspecified atom stereocenters. The lowest BCUT2D eigenvalue weighted by Crippen LogP contribution is -2.20. The Morgan fingerprint density at radius 1 is 1.67 bits per heavy atom. The molecule has 0 heterocycles. The van der Waals surface area contributed by atoms with Crippen LogP contribution in [0.15, 0.2) is 35.3 Å². The van der Waals surface area contributed by atoms with E-state index in [4.69, 9.17) is 5.26 Å². The highest BCUT2D eigenvalue weighted by Gasteiger charge is 2.12. The molecular formula is C11H10BrFN2. The summed E-state index contributed by atoms with van der Waals surface area (Å²) in [6, 6.07) is 5.90. The molecule has 1 N–H and O–H groups in total. The molecule has 0 fully saturated rings. The van der Waals surface area contributed by atoms with E-state index in [9.17, 15) is 4.39 Å². The maximum absolute atomic E-state index is 12.8. The predicted molar refractivity (Wildman–Crippen MR) is 60.7 cm³/mol. The number of nitrogens with zero attached hydrogens (tertiary/aromatic N) is 1. The van der Waals surface area contributed by atoms with Gasteiger partial charge in [0, 0.05) is 11.0 Å². The Bertz CT molecular complexity index is 398. The largest absolute Gasteiger partial charge is 0.295 e. The minimum Gasteiger partial charge on any atom is -0.295 e. The maximum atomic E-state index is 12.8. The highest BCUT2D eigenvalue weighted by molar-refractivity contribution is 9.10. The van der Waals surface area contributed by atoms with Crippen molar-refractivity contribution in [3.05, 3.63) is 46.7 Å². The fourth-order valence-electron chi connectivity index (χ4n) is 1.16. The highest BCUT2D eigenvalue weighted by atomic mass is 79.9. The third kappa shape index (κ3) is 3.15. The summed E-state index contributed by atoms with van der Waals surface area (Å²) in [7, 11) is 0. The van der Waals surface area contributed by atoms with E-state index in [2.05, 4.69) is 33.9 Å². The van der Waals surface area contributed by atoms with Crippen LogP contribution in [0.25, 0.3) is 0 Å². The zero-order valence-corrected chi connectivity index (χ0v) is 9.59. The van der Waals surface area contributed by atoms with Crippen LogP contribution in [0, 0.1) is 17.1 Å². The van der Waals surface area contributed by atoms with E-state index in [0.717, 1.165) is 5.56 Å². The minimum atomic E-state index is -0.460. The number of rotatable bonds is 4.